The molecular weight excluding hydrogens is 196 g/mol. The molecule has 1 unspecified atom stereocenters. The predicted molar refractivity (Wildman–Crippen MR) is 67.1 cm³/mol. The molecule has 1 N–H and O–H groups in total. The topological polar surface area (TPSA) is 20.2 Å². The van der Waals surface area contributed by atoms with Gasteiger partial charge in [0.1, 0.15) is 0 Å². The number of benzene rings is 1. The number of aliphatic hydroxyl groups is 1. The molecule has 0 spiro atoms. The van der Waals surface area contributed by atoms with Crippen molar-refractivity contribution in [1.82, 2.24) is 0 Å². The van der Waals surface area contributed by atoms with E-state index in [0.717, 1.165) is 12.0 Å². The van der Waals surface area contributed by atoms with Crippen LogP contribution in [0.15, 0.2) is 65.8 Å². The summed E-state index contributed by atoms with van der Waals surface area (Å²) < 4.78 is 0. The molecule has 1 atom stereocenters. The van der Waals surface area contributed by atoms with Crippen molar-refractivity contribution in [3.05, 3.63) is 71.3 Å². The van der Waals surface area contributed by atoms with Gasteiger partial charge in [0, 0.05) is 0 Å². The van der Waals surface area contributed by atoms with Gasteiger partial charge in [-0.25, -0.2) is 0 Å². The van der Waals surface area contributed by atoms with E-state index in [4.69, 9.17) is 0 Å². The molecule has 1 aliphatic rings. The Bertz CT molecular complexity index is 438. The van der Waals surface area contributed by atoms with E-state index < -0.39 is 6.10 Å². The van der Waals surface area contributed by atoms with Gasteiger partial charge in [-0.05, 0) is 24.5 Å². The van der Waals surface area contributed by atoms with Crippen LogP contribution >= 0.6 is 0 Å². The fourth-order valence-corrected chi connectivity index (χ4v) is 1.93. The zero-order valence-electron chi connectivity index (χ0n) is 9.43. The number of hydrogen-bond donors (Lipinski definition) is 1. The van der Waals surface area contributed by atoms with Crippen LogP contribution in [0.25, 0.3) is 0 Å². The molecule has 0 aliphatic heterocycles. The summed E-state index contributed by atoms with van der Waals surface area (Å²) in [5, 5.41) is 9.82. The molecule has 0 saturated heterocycles. The van der Waals surface area contributed by atoms with Crippen molar-refractivity contribution in [2.75, 3.05) is 0 Å². The van der Waals surface area contributed by atoms with E-state index in [2.05, 4.69) is 19.1 Å². The van der Waals surface area contributed by atoms with E-state index >= 15 is 0 Å². The highest BCUT2D eigenvalue weighted by atomic mass is 16.3. The lowest BCUT2D eigenvalue weighted by atomic mass is 9.95. The summed E-state index contributed by atoms with van der Waals surface area (Å²) >= 11 is 0. The summed E-state index contributed by atoms with van der Waals surface area (Å²) in [4.78, 5) is 0. The number of aliphatic hydroxyl groups excluding tert-OH is 1. The van der Waals surface area contributed by atoms with Crippen LogP contribution in [0.5, 0.6) is 0 Å². The van der Waals surface area contributed by atoms with Crippen molar-refractivity contribution in [1.29, 1.82) is 0 Å². The lowest BCUT2D eigenvalue weighted by molar-refractivity contribution is 0.260. The van der Waals surface area contributed by atoms with Gasteiger partial charge in [0.25, 0.3) is 0 Å². The van der Waals surface area contributed by atoms with Crippen LogP contribution < -0.4 is 0 Å². The molecule has 82 valence electrons. The second-order valence-corrected chi connectivity index (χ2v) is 4.09. The van der Waals surface area contributed by atoms with Crippen molar-refractivity contribution >= 4 is 0 Å². The Kier molecular flexibility index (Phi) is 3.37. The molecule has 1 aromatic carbocycles. The standard InChI is InChI=1S/C15H16O/c1-12(11-13-7-3-2-4-8-13)14-9-5-6-10-15(14)16/h2-10,15-16H,11H2,1H3. The van der Waals surface area contributed by atoms with Crippen LogP contribution in [0.1, 0.15) is 12.5 Å². The van der Waals surface area contributed by atoms with E-state index in [1.165, 1.54) is 11.1 Å². The van der Waals surface area contributed by atoms with Crippen LogP contribution in [-0.4, -0.2) is 11.2 Å². The lowest BCUT2D eigenvalue weighted by Crippen LogP contribution is -2.10. The number of rotatable bonds is 2. The molecule has 1 nitrogen and oxygen atoms in total. The van der Waals surface area contributed by atoms with Gasteiger partial charge in [-0.1, -0.05) is 60.2 Å². The molecule has 0 saturated carbocycles. The summed E-state index contributed by atoms with van der Waals surface area (Å²) in [5.41, 5.74) is 3.52. The first-order valence-corrected chi connectivity index (χ1v) is 5.54. The molecule has 0 bridgehead atoms. The second kappa shape index (κ2) is 4.95. The minimum absolute atomic E-state index is 0.450. The van der Waals surface area contributed by atoms with Gasteiger partial charge in [-0.2, -0.15) is 0 Å². The number of hydrogen-bond acceptors (Lipinski definition) is 1. The lowest BCUT2D eigenvalue weighted by Gasteiger charge is -2.14. The van der Waals surface area contributed by atoms with Crippen molar-refractivity contribution in [3.63, 3.8) is 0 Å². The summed E-state index contributed by atoms with van der Waals surface area (Å²) in [6.45, 7) is 2.08. The van der Waals surface area contributed by atoms with Gasteiger partial charge in [0.05, 0.1) is 6.10 Å². The number of allylic oxidation sites excluding steroid dienone is 3. The normalized spacial score (nSPS) is 22.2. The SMILES string of the molecule is CC(Cc1ccccc1)=C1C=CC=CC1O. The smallest absolute Gasteiger partial charge is 0.0974 e. The third-order valence-corrected chi connectivity index (χ3v) is 2.80. The van der Waals surface area contributed by atoms with Crippen LogP contribution in [0.2, 0.25) is 0 Å². The second-order valence-electron chi connectivity index (χ2n) is 4.09. The molecule has 0 amide bonds. The highest BCUT2D eigenvalue weighted by molar-refractivity contribution is 5.39. The van der Waals surface area contributed by atoms with E-state index in [0.29, 0.717) is 0 Å². The Morgan fingerprint density at radius 3 is 2.62 bits per heavy atom. The summed E-state index contributed by atoms with van der Waals surface area (Å²) in [5.74, 6) is 0. The van der Waals surface area contributed by atoms with Gasteiger partial charge in [0.15, 0.2) is 0 Å². The van der Waals surface area contributed by atoms with Gasteiger partial charge in [-0.15, -0.1) is 0 Å². The first kappa shape index (κ1) is 10.9. The van der Waals surface area contributed by atoms with Gasteiger partial charge in [-0.3, -0.25) is 0 Å². The molecule has 1 aromatic rings. The Morgan fingerprint density at radius 2 is 1.94 bits per heavy atom. The molecule has 1 aliphatic carbocycles. The van der Waals surface area contributed by atoms with Gasteiger partial charge < -0.3 is 5.11 Å². The van der Waals surface area contributed by atoms with Crippen LogP contribution in [-0.2, 0) is 6.42 Å². The molecule has 0 radical (unpaired) electrons. The van der Waals surface area contributed by atoms with Crippen LogP contribution in [0.4, 0.5) is 0 Å². The summed E-state index contributed by atoms with van der Waals surface area (Å²) in [6.07, 6.45) is 8.09. The fraction of sp³-hybridized carbons (Fsp3) is 0.200. The average Bonchev–Trinajstić information content (AvgIpc) is 2.31. The van der Waals surface area contributed by atoms with E-state index in [9.17, 15) is 5.11 Å². The highest BCUT2D eigenvalue weighted by Crippen LogP contribution is 2.19. The predicted octanol–water partition coefficient (Wildman–Crippen LogP) is 3.03. The van der Waals surface area contributed by atoms with Crippen molar-refractivity contribution in [2.45, 2.75) is 19.4 Å². The molecule has 0 heterocycles. The fourth-order valence-electron chi connectivity index (χ4n) is 1.93. The minimum Gasteiger partial charge on any atom is -0.384 e. The Hall–Kier alpha value is -1.60. The van der Waals surface area contributed by atoms with Crippen molar-refractivity contribution in [2.24, 2.45) is 0 Å². The monoisotopic (exact) mass is 212 g/mol. The van der Waals surface area contributed by atoms with Gasteiger partial charge in [0.2, 0.25) is 0 Å². The van der Waals surface area contributed by atoms with Gasteiger partial charge >= 0.3 is 0 Å². The summed E-state index contributed by atoms with van der Waals surface area (Å²) in [7, 11) is 0. The van der Waals surface area contributed by atoms with E-state index in [-0.39, 0.29) is 0 Å². The zero-order valence-corrected chi connectivity index (χ0v) is 9.43. The third kappa shape index (κ3) is 2.50. The summed E-state index contributed by atoms with van der Waals surface area (Å²) in [6, 6.07) is 10.3. The van der Waals surface area contributed by atoms with Crippen LogP contribution in [0.3, 0.4) is 0 Å². The quantitative estimate of drug-likeness (QED) is 0.799. The highest BCUT2D eigenvalue weighted by Gasteiger charge is 2.10. The third-order valence-electron chi connectivity index (χ3n) is 2.80. The Balaban J connectivity index is 2.19. The van der Waals surface area contributed by atoms with Crippen molar-refractivity contribution < 1.29 is 5.11 Å². The van der Waals surface area contributed by atoms with Crippen LogP contribution in [0, 0.1) is 0 Å². The largest absolute Gasteiger partial charge is 0.384 e. The maximum absolute atomic E-state index is 9.82. The minimum atomic E-state index is -0.450. The maximum Gasteiger partial charge on any atom is 0.0974 e. The van der Waals surface area contributed by atoms with Crippen molar-refractivity contribution in [3.8, 4) is 0 Å². The molecular formula is C15H16O. The molecule has 0 aromatic heterocycles. The molecule has 0 fully saturated rings. The molecule has 2 rings (SSSR count). The Labute approximate surface area is 96.4 Å². The maximum atomic E-state index is 9.82. The van der Waals surface area contributed by atoms with E-state index in [1.54, 1.807) is 0 Å². The molecule has 16 heavy (non-hydrogen) atoms. The zero-order chi connectivity index (χ0) is 11.4. The first-order chi connectivity index (χ1) is 7.77. The molecule has 1 heteroatoms. The first-order valence-electron chi connectivity index (χ1n) is 5.54. The Morgan fingerprint density at radius 1 is 1.19 bits per heavy atom. The average molecular weight is 212 g/mol. The van der Waals surface area contributed by atoms with E-state index in [1.807, 2.05) is 42.5 Å².